The molecule has 0 saturated carbocycles. The van der Waals surface area contributed by atoms with Crippen molar-refractivity contribution in [2.75, 3.05) is 0 Å². The van der Waals surface area contributed by atoms with E-state index < -0.39 is 11.0 Å². The van der Waals surface area contributed by atoms with Crippen LogP contribution in [0.3, 0.4) is 0 Å². The van der Waals surface area contributed by atoms with E-state index in [0.29, 0.717) is 0 Å². The van der Waals surface area contributed by atoms with Gasteiger partial charge in [0.05, 0.1) is 10.6 Å². The molecule has 0 aliphatic heterocycles. The monoisotopic (exact) mass is 299 g/mol. The molecule has 2 aromatic carbocycles. The largest absolute Gasteiger partial charge is 0.229 e. The van der Waals surface area contributed by atoms with Crippen molar-refractivity contribution in [3.05, 3.63) is 65.7 Å². The van der Waals surface area contributed by atoms with Crippen molar-refractivity contribution in [1.82, 2.24) is 0 Å². The molecule has 0 heterocycles. The zero-order valence-corrected chi connectivity index (χ0v) is 13.4. The number of rotatable bonds is 6. The summed E-state index contributed by atoms with van der Waals surface area (Å²) >= 11 is 0. The zero-order chi connectivity index (χ0) is 15.1. The van der Waals surface area contributed by atoms with E-state index >= 15 is 0 Å². The van der Waals surface area contributed by atoms with Gasteiger partial charge in [-0.15, -0.1) is 0 Å². The minimum Gasteiger partial charge on any atom is -0.229 e. The molecule has 0 amide bonds. The molecule has 0 saturated heterocycles. The fraction of sp³-hybridized carbons (Fsp3) is 0.278. The molecule has 0 bridgehead atoms. The molecule has 3 heteroatoms. The maximum atomic E-state index is 12.4. The van der Waals surface area contributed by atoms with Crippen LogP contribution in [0.25, 0.3) is 0 Å². The lowest BCUT2D eigenvalue weighted by atomic mass is 10.1. The van der Waals surface area contributed by atoms with Gasteiger partial charge in [-0.2, -0.15) is 4.40 Å². The molecule has 0 unspecified atom stereocenters. The Balaban J connectivity index is 2.27. The van der Waals surface area contributed by atoms with Crippen LogP contribution in [0.1, 0.15) is 37.3 Å². The Morgan fingerprint density at radius 2 is 1.71 bits per heavy atom. The smallest absolute Gasteiger partial charge is 0.172 e. The second-order valence-electron chi connectivity index (χ2n) is 5.07. The summed E-state index contributed by atoms with van der Waals surface area (Å²) in [7, 11) is -1.34. The highest BCUT2D eigenvalue weighted by Crippen LogP contribution is 2.14. The zero-order valence-electron chi connectivity index (χ0n) is 12.6. The van der Waals surface area contributed by atoms with Gasteiger partial charge in [0.15, 0.2) is 11.0 Å². The van der Waals surface area contributed by atoms with Crippen molar-refractivity contribution in [1.29, 1.82) is 0 Å². The van der Waals surface area contributed by atoms with Crippen molar-refractivity contribution >= 4 is 16.7 Å². The fourth-order valence-corrected chi connectivity index (χ4v) is 2.90. The number of nitrogens with zero attached hydrogens (tertiary/aromatic N) is 1. The molecular weight excluding hydrogens is 278 g/mol. The van der Waals surface area contributed by atoms with Gasteiger partial charge in [-0.05, 0) is 37.5 Å². The van der Waals surface area contributed by atoms with Gasteiger partial charge < -0.3 is 0 Å². The van der Waals surface area contributed by atoms with E-state index in [1.165, 1.54) is 0 Å². The minimum atomic E-state index is -1.34. The Bertz CT molecular complexity index is 617. The Morgan fingerprint density at radius 3 is 2.33 bits per heavy atom. The van der Waals surface area contributed by atoms with Crippen molar-refractivity contribution < 1.29 is 4.21 Å². The van der Waals surface area contributed by atoms with Crippen LogP contribution in [-0.2, 0) is 11.0 Å². The maximum absolute atomic E-state index is 12.4. The van der Waals surface area contributed by atoms with Gasteiger partial charge in [-0.1, -0.05) is 61.4 Å². The number of aryl methyl sites for hydroxylation is 1. The maximum Gasteiger partial charge on any atom is 0.172 e. The molecule has 0 N–H and O–H groups in total. The summed E-state index contributed by atoms with van der Waals surface area (Å²) in [6.07, 6.45) is 3.01. The van der Waals surface area contributed by atoms with Crippen LogP contribution in [0, 0.1) is 6.92 Å². The topological polar surface area (TPSA) is 29.4 Å². The first-order valence-corrected chi connectivity index (χ1v) is 8.43. The van der Waals surface area contributed by atoms with Crippen LogP contribution in [0.2, 0.25) is 0 Å². The number of hydrogen-bond acceptors (Lipinski definition) is 1. The van der Waals surface area contributed by atoms with Gasteiger partial charge in [0.2, 0.25) is 0 Å². The van der Waals surface area contributed by atoms with Crippen molar-refractivity contribution in [2.45, 2.75) is 38.0 Å². The average Bonchev–Trinajstić information content (AvgIpc) is 2.52. The normalized spacial score (nSPS) is 13.1. The van der Waals surface area contributed by atoms with Crippen molar-refractivity contribution in [3.8, 4) is 0 Å². The molecule has 0 spiro atoms. The quantitative estimate of drug-likeness (QED) is 0.711. The van der Waals surface area contributed by atoms with Crippen LogP contribution in [0.4, 0.5) is 0 Å². The molecule has 21 heavy (non-hydrogen) atoms. The van der Waals surface area contributed by atoms with Crippen LogP contribution >= 0.6 is 0 Å². The standard InChI is InChI=1S/C18H21NOS/c1-3-4-10-18(16-8-6-5-7-9-16)19-21(20)17-13-11-15(2)12-14-17/h5-9,11-14H,3-4,10H2,1-2H3/b19-18+/t21-/m0/s1. The fourth-order valence-electron chi connectivity index (χ4n) is 2.02. The Labute approximate surface area is 129 Å². The lowest BCUT2D eigenvalue weighted by molar-refractivity contribution is 0.684. The van der Waals surface area contributed by atoms with E-state index in [0.717, 1.165) is 41.0 Å². The predicted octanol–water partition coefficient (Wildman–Crippen LogP) is 4.70. The second kappa shape index (κ2) is 7.89. The summed E-state index contributed by atoms with van der Waals surface area (Å²) in [6.45, 7) is 4.17. The van der Waals surface area contributed by atoms with Gasteiger partial charge in [0.1, 0.15) is 0 Å². The van der Waals surface area contributed by atoms with E-state index in [1.54, 1.807) is 0 Å². The van der Waals surface area contributed by atoms with Gasteiger partial charge in [-0.25, -0.2) is 4.21 Å². The first kappa shape index (κ1) is 15.6. The summed E-state index contributed by atoms with van der Waals surface area (Å²) in [5, 5.41) is 0. The minimum absolute atomic E-state index is 0.755. The number of benzene rings is 2. The lowest BCUT2D eigenvalue weighted by Gasteiger charge is -2.06. The molecule has 0 fully saturated rings. The van der Waals surface area contributed by atoms with Crippen LogP contribution < -0.4 is 0 Å². The molecule has 110 valence electrons. The van der Waals surface area contributed by atoms with E-state index in [1.807, 2.05) is 61.5 Å². The summed E-state index contributed by atoms with van der Waals surface area (Å²) in [5.74, 6) is 0. The Hall–Kier alpha value is -1.74. The van der Waals surface area contributed by atoms with Crippen LogP contribution in [-0.4, -0.2) is 9.92 Å². The first-order chi connectivity index (χ1) is 10.2. The molecular formula is C18H21NOS. The molecule has 2 nitrogen and oxygen atoms in total. The van der Waals surface area contributed by atoms with Gasteiger partial charge in [-0.3, -0.25) is 0 Å². The summed E-state index contributed by atoms with van der Waals surface area (Å²) in [5.41, 5.74) is 3.15. The van der Waals surface area contributed by atoms with Crippen molar-refractivity contribution in [3.63, 3.8) is 0 Å². The Kier molecular flexibility index (Phi) is 5.88. The molecule has 2 rings (SSSR count). The molecule has 0 aliphatic rings. The molecule has 2 aromatic rings. The lowest BCUT2D eigenvalue weighted by Crippen LogP contribution is -2.03. The summed E-state index contributed by atoms with van der Waals surface area (Å²) in [4.78, 5) is 0.755. The summed E-state index contributed by atoms with van der Waals surface area (Å²) < 4.78 is 16.9. The van der Waals surface area contributed by atoms with E-state index in [2.05, 4.69) is 11.3 Å². The van der Waals surface area contributed by atoms with Crippen molar-refractivity contribution in [2.24, 2.45) is 4.40 Å². The van der Waals surface area contributed by atoms with E-state index in [-0.39, 0.29) is 0 Å². The second-order valence-corrected chi connectivity index (χ2v) is 6.22. The van der Waals surface area contributed by atoms with E-state index in [9.17, 15) is 4.21 Å². The molecule has 0 aliphatic carbocycles. The number of hydrogen-bond donors (Lipinski definition) is 0. The third-order valence-electron chi connectivity index (χ3n) is 3.29. The predicted molar refractivity (Wildman–Crippen MR) is 90.1 cm³/mol. The van der Waals surface area contributed by atoms with Gasteiger partial charge in [0.25, 0.3) is 0 Å². The highest BCUT2D eigenvalue weighted by molar-refractivity contribution is 7.83. The number of unbranched alkanes of at least 4 members (excludes halogenated alkanes) is 1. The van der Waals surface area contributed by atoms with Gasteiger partial charge >= 0.3 is 0 Å². The first-order valence-electron chi connectivity index (χ1n) is 7.32. The highest BCUT2D eigenvalue weighted by atomic mass is 32.2. The average molecular weight is 299 g/mol. The molecule has 0 radical (unpaired) electrons. The third kappa shape index (κ3) is 4.64. The van der Waals surface area contributed by atoms with Crippen LogP contribution in [0.5, 0.6) is 0 Å². The third-order valence-corrected chi connectivity index (χ3v) is 4.35. The summed E-state index contributed by atoms with van der Waals surface area (Å²) in [6, 6.07) is 17.7. The van der Waals surface area contributed by atoms with Crippen LogP contribution in [0.15, 0.2) is 63.9 Å². The van der Waals surface area contributed by atoms with E-state index in [4.69, 9.17) is 0 Å². The molecule has 0 aromatic heterocycles. The Morgan fingerprint density at radius 1 is 1.05 bits per heavy atom. The SMILES string of the molecule is CCCC/C(=N\[S@@](=O)c1ccc(C)cc1)c1ccccc1. The highest BCUT2D eigenvalue weighted by Gasteiger charge is 2.07. The van der Waals surface area contributed by atoms with Gasteiger partial charge in [0, 0.05) is 0 Å². The molecule has 1 atom stereocenters.